The van der Waals surface area contributed by atoms with E-state index >= 15 is 0 Å². The third-order valence-corrected chi connectivity index (χ3v) is 3.26. The summed E-state index contributed by atoms with van der Waals surface area (Å²) in [6.07, 6.45) is 10.5. The van der Waals surface area contributed by atoms with Crippen LogP contribution >= 0.6 is 0 Å². The summed E-state index contributed by atoms with van der Waals surface area (Å²) >= 11 is 0. The van der Waals surface area contributed by atoms with Crippen LogP contribution in [0, 0.1) is 0 Å². The van der Waals surface area contributed by atoms with E-state index in [2.05, 4.69) is 13.5 Å². The summed E-state index contributed by atoms with van der Waals surface area (Å²) in [6.45, 7) is 6.13. The maximum absolute atomic E-state index is 11.5. The van der Waals surface area contributed by atoms with Gasteiger partial charge in [0, 0.05) is 7.05 Å². The molecule has 0 radical (unpaired) electrons. The van der Waals surface area contributed by atoms with Crippen molar-refractivity contribution >= 4 is 12.1 Å². The lowest BCUT2D eigenvalue weighted by Gasteiger charge is -2.15. The first-order chi connectivity index (χ1) is 10.6. The van der Waals surface area contributed by atoms with Gasteiger partial charge in [-0.2, -0.15) is 0 Å². The van der Waals surface area contributed by atoms with Gasteiger partial charge in [0.1, 0.15) is 13.2 Å². The first kappa shape index (κ1) is 20.5. The van der Waals surface area contributed by atoms with Gasteiger partial charge in [-0.1, -0.05) is 64.5 Å². The van der Waals surface area contributed by atoms with Crippen molar-refractivity contribution in [2.24, 2.45) is 0 Å². The Kier molecular flexibility index (Phi) is 13.4. The van der Waals surface area contributed by atoms with Gasteiger partial charge in [0.25, 0.3) is 0 Å². The smallest absolute Gasteiger partial charge is 0.410 e. The molecule has 0 aromatic carbocycles. The van der Waals surface area contributed by atoms with E-state index in [1.54, 1.807) is 0 Å². The van der Waals surface area contributed by atoms with Gasteiger partial charge >= 0.3 is 12.1 Å². The van der Waals surface area contributed by atoms with Crippen LogP contribution in [0.15, 0.2) is 12.7 Å². The molecule has 0 aromatic heterocycles. The van der Waals surface area contributed by atoms with E-state index in [-0.39, 0.29) is 13.2 Å². The highest BCUT2D eigenvalue weighted by Crippen LogP contribution is 2.08. The molecule has 1 amide bonds. The summed E-state index contributed by atoms with van der Waals surface area (Å²) in [6, 6.07) is 0. The molecular formula is C17H31NO4. The van der Waals surface area contributed by atoms with Crippen LogP contribution < -0.4 is 0 Å². The second-order valence-corrected chi connectivity index (χ2v) is 5.42. The summed E-state index contributed by atoms with van der Waals surface area (Å²) in [5, 5.41) is 0. The zero-order chi connectivity index (χ0) is 16.6. The molecule has 0 N–H and O–H groups in total. The van der Waals surface area contributed by atoms with Crippen LogP contribution in [-0.4, -0.2) is 43.8 Å². The van der Waals surface area contributed by atoms with Gasteiger partial charge in [0.2, 0.25) is 0 Å². The second-order valence-electron chi connectivity index (χ2n) is 5.42. The van der Waals surface area contributed by atoms with Crippen LogP contribution in [-0.2, 0) is 14.3 Å². The third kappa shape index (κ3) is 12.2. The van der Waals surface area contributed by atoms with Gasteiger partial charge in [-0.3, -0.25) is 4.79 Å². The Labute approximate surface area is 134 Å². The molecule has 0 unspecified atom stereocenters. The number of hydrogen-bond donors (Lipinski definition) is 0. The van der Waals surface area contributed by atoms with E-state index in [1.165, 1.54) is 56.5 Å². The topological polar surface area (TPSA) is 55.8 Å². The molecule has 0 rings (SSSR count). The average Bonchev–Trinajstić information content (AvgIpc) is 2.50. The molecule has 0 bridgehead atoms. The minimum Gasteiger partial charge on any atom is -0.464 e. The van der Waals surface area contributed by atoms with E-state index < -0.39 is 12.1 Å². The summed E-state index contributed by atoms with van der Waals surface area (Å²) < 4.78 is 9.92. The zero-order valence-corrected chi connectivity index (χ0v) is 14.1. The molecule has 0 saturated carbocycles. The lowest BCUT2D eigenvalue weighted by Crippen LogP contribution is -2.33. The minimum absolute atomic E-state index is 0.0903. The zero-order valence-electron chi connectivity index (χ0n) is 14.1. The molecule has 22 heavy (non-hydrogen) atoms. The van der Waals surface area contributed by atoms with Crippen molar-refractivity contribution in [3.05, 3.63) is 12.7 Å². The van der Waals surface area contributed by atoms with Crippen LogP contribution in [0.25, 0.3) is 0 Å². The quantitative estimate of drug-likeness (QED) is 0.294. The Morgan fingerprint density at radius 3 is 2.18 bits per heavy atom. The minimum atomic E-state index is -0.552. The molecule has 0 spiro atoms. The lowest BCUT2D eigenvalue weighted by atomic mass is 10.1. The van der Waals surface area contributed by atoms with Crippen LogP contribution in [0.5, 0.6) is 0 Å². The molecule has 128 valence electrons. The second kappa shape index (κ2) is 14.4. The molecule has 0 aliphatic carbocycles. The van der Waals surface area contributed by atoms with E-state index in [9.17, 15) is 9.59 Å². The van der Waals surface area contributed by atoms with E-state index in [1.807, 2.05) is 0 Å². The standard InChI is InChI=1S/C17H31NO4/c1-4-6-7-8-9-10-11-12-14-21-16(19)15-18(3)17(20)22-13-5-2/h5H,2,4,6-15H2,1,3H3. The Balaban J connectivity index is 3.49. The van der Waals surface area contributed by atoms with Gasteiger partial charge in [0.15, 0.2) is 0 Å². The summed E-state index contributed by atoms with van der Waals surface area (Å²) in [5.74, 6) is -0.402. The lowest BCUT2D eigenvalue weighted by molar-refractivity contribution is -0.144. The first-order valence-corrected chi connectivity index (χ1v) is 8.26. The summed E-state index contributed by atoms with van der Waals surface area (Å²) in [5.41, 5.74) is 0. The highest BCUT2D eigenvalue weighted by atomic mass is 16.6. The fourth-order valence-electron chi connectivity index (χ4n) is 1.97. The molecule has 0 aromatic rings. The number of hydrogen-bond acceptors (Lipinski definition) is 4. The monoisotopic (exact) mass is 313 g/mol. The SMILES string of the molecule is C=CCOC(=O)N(C)CC(=O)OCCCCCCCCCC. The Morgan fingerprint density at radius 1 is 1.00 bits per heavy atom. The molecule has 0 saturated heterocycles. The van der Waals surface area contributed by atoms with Crippen LogP contribution in [0.4, 0.5) is 4.79 Å². The molecule has 0 atom stereocenters. The Hall–Kier alpha value is -1.52. The molecule has 0 heterocycles. The number of nitrogens with zero attached hydrogens (tertiary/aromatic N) is 1. The number of carbonyl (C=O) groups is 2. The fraction of sp³-hybridized carbons (Fsp3) is 0.765. The highest BCUT2D eigenvalue weighted by Gasteiger charge is 2.14. The average molecular weight is 313 g/mol. The number of unbranched alkanes of at least 4 members (excludes halogenated alkanes) is 7. The maximum atomic E-state index is 11.5. The molecular weight excluding hydrogens is 282 g/mol. The van der Waals surface area contributed by atoms with Crippen molar-refractivity contribution in [2.45, 2.75) is 58.3 Å². The number of amides is 1. The summed E-state index contributed by atoms with van der Waals surface area (Å²) in [4.78, 5) is 24.1. The molecule has 5 heteroatoms. The molecule has 0 aliphatic heterocycles. The van der Waals surface area contributed by atoms with E-state index in [0.717, 1.165) is 12.8 Å². The first-order valence-electron chi connectivity index (χ1n) is 8.26. The number of likely N-dealkylation sites (N-methyl/N-ethyl adjacent to an activating group) is 1. The van der Waals surface area contributed by atoms with Crippen molar-refractivity contribution in [2.75, 3.05) is 26.8 Å². The van der Waals surface area contributed by atoms with Crippen molar-refractivity contribution in [1.29, 1.82) is 0 Å². The highest BCUT2D eigenvalue weighted by molar-refractivity contribution is 5.77. The van der Waals surface area contributed by atoms with Crippen LogP contribution in [0.1, 0.15) is 58.3 Å². The van der Waals surface area contributed by atoms with Crippen molar-refractivity contribution < 1.29 is 19.1 Å². The van der Waals surface area contributed by atoms with Gasteiger partial charge < -0.3 is 14.4 Å². The number of rotatable bonds is 13. The predicted molar refractivity (Wildman–Crippen MR) is 87.7 cm³/mol. The van der Waals surface area contributed by atoms with Gasteiger partial charge in [-0.15, -0.1) is 0 Å². The van der Waals surface area contributed by atoms with Crippen molar-refractivity contribution in [3.63, 3.8) is 0 Å². The summed E-state index contributed by atoms with van der Waals surface area (Å²) in [7, 11) is 1.50. The molecule has 5 nitrogen and oxygen atoms in total. The molecule has 0 aliphatic rings. The number of carbonyl (C=O) groups excluding carboxylic acids is 2. The van der Waals surface area contributed by atoms with Gasteiger partial charge in [0.05, 0.1) is 6.61 Å². The van der Waals surface area contributed by atoms with Gasteiger partial charge in [-0.25, -0.2) is 4.79 Å². The van der Waals surface area contributed by atoms with Crippen LogP contribution in [0.2, 0.25) is 0 Å². The predicted octanol–water partition coefficient (Wildman–Crippen LogP) is 3.92. The number of ether oxygens (including phenoxy) is 2. The van der Waals surface area contributed by atoms with Crippen LogP contribution in [0.3, 0.4) is 0 Å². The Bertz CT molecular complexity index is 318. The van der Waals surface area contributed by atoms with Crippen molar-refractivity contribution in [1.82, 2.24) is 4.90 Å². The van der Waals surface area contributed by atoms with E-state index in [4.69, 9.17) is 9.47 Å². The normalized spacial score (nSPS) is 10.1. The third-order valence-electron chi connectivity index (χ3n) is 3.26. The maximum Gasteiger partial charge on any atom is 0.410 e. The van der Waals surface area contributed by atoms with E-state index in [0.29, 0.717) is 6.61 Å². The molecule has 0 fully saturated rings. The largest absolute Gasteiger partial charge is 0.464 e. The van der Waals surface area contributed by atoms with Gasteiger partial charge in [-0.05, 0) is 6.42 Å². The number of esters is 1. The fourth-order valence-corrected chi connectivity index (χ4v) is 1.97. The Morgan fingerprint density at radius 2 is 1.59 bits per heavy atom. The van der Waals surface area contributed by atoms with Crippen molar-refractivity contribution in [3.8, 4) is 0 Å².